The monoisotopic (exact) mass is 438 g/mol. The van der Waals surface area contributed by atoms with E-state index < -0.39 is 11.9 Å². The molecule has 2 aromatic carbocycles. The van der Waals surface area contributed by atoms with Gasteiger partial charge in [-0.3, -0.25) is 14.7 Å². The summed E-state index contributed by atoms with van der Waals surface area (Å²) in [7, 11) is 4.46. The fraction of sp³-hybridized carbons (Fsp3) is 0.182. The van der Waals surface area contributed by atoms with Crippen LogP contribution in [-0.4, -0.2) is 49.6 Å². The third-order valence-corrected chi connectivity index (χ3v) is 4.32. The van der Waals surface area contributed by atoms with E-state index >= 15 is 0 Å². The smallest absolute Gasteiger partial charge is 0.308 e. The van der Waals surface area contributed by atoms with E-state index in [9.17, 15) is 9.59 Å². The van der Waals surface area contributed by atoms with E-state index in [0.29, 0.717) is 11.3 Å². The standard InChI is InChI=1S/C22H22N4O6/c1-13(27)32-21-19(30-3)9-14(10-20(21)31-4)12-23-26-22(28)18-11-17(24-25-18)15-5-7-16(29-2)8-6-15/h5-12H,1-4H3,(H,24,25)(H,26,28)/b23-12-. The zero-order valence-electron chi connectivity index (χ0n) is 18.0. The summed E-state index contributed by atoms with van der Waals surface area (Å²) < 4.78 is 20.8. The van der Waals surface area contributed by atoms with Crippen LogP contribution in [0.2, 0.25) is 0 Å². The maximum absolute atomic E-state index is 12.4. The average Bonchev–Trinajstić information content (AvgIpc) is 3.29. The summed E-state index contributed by atoms with van der Waals surface area (Å²) in [4.78, 5) is 23.7. The van der Waals surface area contributed by atoms with Crippen molar-refractivity contribution < 1.29 is 28.5 Å². The van der Waals surface area contributed by atoms with Gasteiger partial charge in [0.2, 0.25) is 5.75 Å². The van der Waals surface area contributed by atoms with Crippen molar-refractivity contribution in [3.63, 3.8) is 0 Å². The number of carbonyl (C=O) groups excluding carboxylic acids is 2. The highest BCUT2D eigenvalue weighted by atomic mass is 16.6. The molecule has 0 radical (unpaired) electrons. The Bertz CT molecular complexity index is 1110. The highest BCUT2D eigenvalue weighted by Crippen LogP contribution is 2.38. The highest BCUT2D eigenvalue weighted by molar-refractivity contribution is 5.94. The fourth-order valence-corrected chi connectivity index (χ4v) is 2.79. The van der Waals surface area contributed by atoms with Crippen LogP contribution in [0.4, 0.5) is 0 Å². The summed E-state index contributed by atoms with van der Waals surface area (Å²) in [6, 6.07) is 12.1. The van der Waals surface area contributed by atoms with Gasteiger partial charge >= 0.3 is 5.97 Å². The first-order valence-corrected chi connectivity index (χ1v) is 9.42. The lowest BCUT2D eigenvalue weighted by Crippen LogP contribution is -2.18. The number of nitrogens with zero attached hydrogens (tertiary/aromatic N) is 2. The van der Waals surface area contributed by atoms with Crippen LogP contribution in [0.5, 0.6) is 23.0 Å². The number of ether oxygens (including phenoxy) is 4. The first-order chi connectivity index (χ1) is 15.4. The predicted octanol–water partition coefficient (Wildman–Crippen LogP) is 2.79. The summed E-state index contributed by atoms with van der Waals surface area (Å²) >= 11 is 0. The third-order valence-electron chi connectivity index (χ3n) is 4.32. The van der Waals surface area contributed by atoms with Crippen LogP contribution in [-0.2, 0) is 4.79 Å². The van der Waals surface area contributed by atoms with Crippen molar-refractivity contribution in [2.24, 2.45) is 5.10 Å². The second kappa shape index (κ2) is 10.1. The van der Waals surface area contributed by atoms with E-state index in [-0.39, 0.29) is 22.9 Å². The van der Waals surface area contributed by atoms with Crippen LogP contribution < -0.4 is 24.4 Å². The maximum atomic E-state index is 12.4. The molecule has 2 N–H and O–H groups in total. The Morgan fingerprint density at radius 1 is 1.00 bits per heavy atom. The summed E-state index contributed by atoms with van der Waals surface area (Å²) in [5.41, 5.74) is 4.66. The van der Waals surface area contributed by atoms with Crippen molar-refractivity contribution in [3.05, 3.63) is 53.7 Å². The van der Waals surface area contributed by atoms with Gasteiger partial charge in [0, 0.05) is 18.1 Å². The van der Waals surface area contributed by atoms with Crippen molar-refractivity contribution in [1.82, 2.24) is 15.6 Å². The number of esters is 1. The molecule has 32 heavy (non-hydrogen) atoms. The Morgan fingerprint density at radius 2 is 1.66 bits per heavy atom. The van der Waals surface area contributed by atoms with Crippen molar-refractivity contribution in [2.45, 2.75) is 6.92 Å². The number of hydrogen-bond acceptors (Lipinski definition) is 8. The largest absolute Gasteiger partial charge is 0.497 e. The van der Waals surface area contributed by atoms with Gasteiger partial charge in [-0.1, -0.05) is 0 Å². The van der Waals surface area contributed by atoms with E-state index in [4.69, 9.17) is 18.9 Å². The number of amides is 1. The molecule has 3 rings (SSSR count). The normalized spacial score (nSPS) is 10.6. The van der Waals surface area contributed by atoms with Gasteiger partial charge in [0.15, 0.2) is 11.5 Å². The SMILES string of the molecule is COc1ccc(-c2cc(C(=O)N/N=C\c3cc(OC)c(OC(C)=O)c(OC)c3)[nH]n2)cc1. The minimum absolute atomic E-state index is 0.159. The second-order valence-electron chi connectivity index (χ2n) is 6.44. The lowest BCUT2D eigenvalue weighted by molar-refractivity contribution is -0.132. The number of methoxy groups -OCH3 is 3. The van der Waals surface area contributed by atoms with Gasteiger partial charge in [-0.25, -0.2) is 5.43 Å². The van der Waals surface area contributed by atoms with E-state index in [2.05, 4.69) is 20.7 Å². The van der Waals surface area contributed by atoms with E-state index in [1.165, 1.54) is 27.4 Å². The zero-order chi connectivity index (χ0) is 23.1. The van der Waals surface area contributed by atoms with Crippen LogP contribution in [0.15, 0.2) is 47.6 Å². The van der Waals surface area contributed by atoms with Gasteiger partial charge < -0.3 is 18.9 Å². The first-order valence-electron chi connectivity index (χ1n) is 9.42. The molecule has 10 heteroatoms. The first kappa shape index (κ1) is 22.3. The molecule has 0 bridgehead atoms. The molecule has 0 spiro atoms. The molecule has 10 nitrogen and oxygen atoms in total. The summed E-state index contributed by atoms with van der Waals surface area (Å²) in [6.07, 6.45) is 1.40. The van der Waals surface area contributed by atoms with Gasteiger partial charge in [-0.15, -0.1) is 0 Å². The number of aromatic nitrogens is 2. The molecule has 0 aliphatic rings. The molecular weight excluding hydrogens is 416 g/mol. The molecule has 1 aromatic heterocycles. The number of aromatic amines is 1. The van der Waals surface area contributed by atoms with Crippen LogP contribution in [0.3, 0.4) is 0 Å². The Hall–Kier alpha value is -4.34. The summed E-state index contributed by atoms with van der Waals surface area (Å²) in [6.45, 7) is 1.28. The number of nitrogens with one attached hydrogen (secondary N) is 2. The van der Waals surface area contributed by atoms with Gasteiger partial charge in [0.25, 0.3) is 5.91 Å². The second-order valence-corrected chi connectivity index (χ2v) is 6.44. The molecule has 1 amide bonds. The highest BCUT2D eigenvalue weighted by Gasteiger charge is 2.16. The van der Waals surface area contributed by atoms with Crippen LogP contribution in [0, 0.1) is 0 Å². The topological polar surface area (TPSA) is 124 Å². The molecule has 0 atom stereocenters. The number of hydrogen-bond donors (Lipinski definition) is 2. The number of hydrazone groups is 1. The summed E-state index contributed by atoms with van der Waals surface area (Å²) in [5.74, 6) is 0.473. The minimum Gasteiger partial charge on any atom is -0.497 e. The molecule has 0 aliphatic carbocycles. The Morgan fingerprint density at radius 3 is 2.22 bits per heavy atom. The quantitative estimate of drug-likeness (QED) is 0.240. The zero-order valence-corrected chi connectivity index (χ0v) is 18.0. The van der Waals surface area contributed by atoms with Crippen LogP contribution in [0.25, 0.3) is 11.3 Å². The van der Waals surface area contributed by atoms with Crippen molar-refractivity contribution in [3.8, 4) is 34.3 Å². The van der Waals surface area contributed by atoms with E-state index in [1.807, 2.05) is 24.3 Å². The number of benzene rings is 2. The van der Waals surface area contributed by atoms with Gasteiger partial charge in [0.1, 0.15) is 11.4 Å². The lowest BCUT2D eigenvalue weighted by Gasteiger charge is -2.13. The van der Waals surface area contributed by atoms with Gasteiger partial charge in [-0.05, 0) is 42.5 Å². The van der Waals surface area contributed by atoms with Gasteiger partial charge in [-0.2, -0.15) is 10.2 Å². The average molecular weight is 438 g/mol. The molecule has 0 saturated carbocycles. The minimum atomic E-state index is -0.510. The van der Waals surface area contributed by atoms with Gasteiger partial charge in [0.05, 0.1) is 33.2 Å². The van der Waals surface area contributed by atoms with Crippen molar-refractivity contribution in [1.29, 1.82) is 0 Å². The lowest BCUT2D eigenvalue weighted by atomic mass is 10.1. The Balaban J connectivity index is 1.71. The van der Waals surface area contributed by atoms with Crippen LogP contribution in [0.1, 0.15) is 23.0 Å². The third kappa shape index (κ3) is 5.22. The maximum Gasteiger partial charge on any atom is 0.308 e. The molecule has 0 aliphatic heterocycles. The van der Waals surface area contributed by atoms with E-state index in [1.54, 1.807) is 25.3 Å². The molecule has 0 fully saturated rings. The number of H-pyrrole nitrogens is 1. The fourth-order valence-electron chi connectivity index (χ4n) is 2.79. The van der Waals surface area contributed by atoms with Crippen LogP contribution >= 0.6 is 0 Å². The Labute approximate surface area is 184 Å². The predicted molar refractivity (Wildman–Crippen MR) is 116 cm³/mol. The molecule has 0 saturated heterocycles. The van der Waals surface area contributed by atoms with Crippen molar-refractivity contribution >= 4 is 18.1 Å². The molecule has 166 valence electrons. The molecule has 0 unspecified atom stereocenters. The molecule has 1 heterocycles. The van der Waals surface area contributed by atoms with Crippen molar-refractivity contribution in [2.75, 3.05) is 21.3 Å². The number of carbonyl (C=O) groups is 2. The molecular formula is C22H22N4O6. The summed E-state index contributed by atoms with van der Waals surface area (Å²) in [5, 5.41) is 10.8. The van der Waals surface area contributed by atoms with E-state index in [0.717, 1.165) is 11.3 Å². The number of rotatable bonds is 8. The molecule has 3 aromatic rings. The Kier molecular flexibility index (Phi) is 7.06.